The summed E-state index contributed by atoms with van der Waals surface area (Å²) in [7, 11) is 3.69. The first-order valence-corrected chi connectivity index (χ1v) is 8.23. The molecule has 1 saturated heterocycles. The molecule has 0 spiro atoms. The van der Waals surface area contributed by atoms with Gasteiger partial charge >= 0.3 is 0 Å². The third kappa shape index (κ3) is 4.34. The first kappa shape index (κ1) is 20.2. The minimum absolute atomic E-state index is 0. The van der Waals surface area contributed by atoms with Crippen molar-refractivity contribution in [1.29, 1.82) is 0 Å². The zero-order chi connectivity index (χ0) is 17.8. The SMILES string of the molecule is CN=C(NCc1nnc(C)n1C)N1CCN(C(=O)c2ccco2)CC1.I. The van der Waals surface area contributed by atoms with E-state index < -0.39 is 0 Å². The molecule has 0 unspecified atom stereocenters. The predicted octanol–water partition coefficient (Wildman–Crippen LogP) is 0.868. The molecule has 3 rings (SSSR count). The standard InChI is InChI=1S/C16H23N7O2.HI/c1-12-19-20-14(21(12)3)11-18-16(17-2)23-8-6-22(7-9-23)15(24)13-5-4-10-25-13;/h4-5,10H,6-9,11H2,1-3H3,(H,17,18);1H. The number of aromatic nitrogens is 3. The smallest absolute Gasteiger partial charge is 0.289 e. The molecule has 1 N–H and O–H groups in total. The second kappa shape index (κ2) is 9.01. The maximum absolute atomic E-state index is 12.3. The van der Waals surface area contributed by atoms with Gasteiger partial charge in [0.15, 0.2) is 17.5 Å². The average Bonchev–Trinajstić information content (AvgIpc) is 3.28. The number of carbonyl (C=O) groups is 1. The first-order chi connectivity index (χ1) is 12.1. The van der Waals surface area contributed by atoms with Crippen molar-refractivity contribution in [2.45, 2.75) is 13.5 Å². The van der Waals surface area contributed by atoms with E-state index in [-0.39, 0.29) is 29.9 Å². The molecule has 2 aromatic heterocycles. The third-order valence-corrected chi connectivity index (χ3v) is 4.40. The molecule has 142 valence electrons. The molecule has 0 radical (unpaired) electrons. The maximum Gasteiger partial charge on any atom is 0.289 e. The molecule has 26 heavy (non-hydrogen) atoms. The van der Waals surface area contributed by atoms with Crippen molar-refractivity contribution in [3.8, 4) is 0 Å². The summed E-state index contributed by atoms with van der Waals surface area (Å²) >= 11 is 0. The molecular weight excluding hydrogens is 449 g/mol. The van der Waals surface area contributed by atoms with Crippen LogP contribution in [0.1, 0.15) is 22.2 Å². The van der Waals surface area contributed by atoms with Crippen molar-refractivity contribution in [2.24, 2.45) is 12.0 Å². The van der Waals surface area contributed by atoms with E-state index in [1.807, 2.05) is 18.5 Å². The minimum atomic E-state index is -0.0674. The summed E-state index contributed by atoms with van der Waals surface area (Å²) in [6, 6.07) is 3.42. The van der Waals surface area contributed by atoms with Crippen molar-refractivity contribution < 1.29 is 9.21 Å². The van der Waals surface area contributed by atoms with Crippen LogP contribution in [0.3, 0.4) is 0 Å². The molecule has 1 aliphatic heterocycles. The molecule has 0 atom stereocenters. The van der Waals surface area contributed by atoms with Gasteiger partial charge in [-0.1, -0.05) is 0 Å². The lowest BCUT2D eigenvalue weighted by molar-refractivity contribution is 0.0657. The Morgan fingerprint density at radius 1 is 1.27 bits per heavy atom. The largest absolute Gasteiger partial charge is 0.459 e. The van der Waals surface area contributed by atoms with Crippen LogP contribution in [0.15, 0.2) is 27.8 Å². The summed E-state index contributed by atoms with van der Waals surface area (Å²) in [5.74, 6) is 2.84. The molecule has 2 aromatic rings. The topological polar surface area (TPSA) is 91.8 Å². The summed E-state index contributed by atoms with van der Waals surface area (Å²) < 4.78 is 7.13. The molecule has 0 aromatic carbocycles. The Morgan fingerprint density at radius 2 is 1.96 bits per heavy atom. The van der Waals surface area contributed by atoms with Gasteiger partial charge in [-0.2, -0.15) is 0 Å². The summed E-state index contributed by atoms with van der Waals surface area (Å²) in [6.07, 6.45) is 1.52. The van der Waals surface area contributed by atoms with Gasteiger partial charge in [0.1, 0.15) is 5.82 Å². The second-order valence-electron chi connectivity index (χ2n) is 5.88. The molecule has 1 aliphatic rings. The number of rotatable bonds is 3. The van der Waals surface area contributed by atoms with Crippen LogP contribution in [0.5, 0.6) is 0 Å². The number of nitrogens with zero attached hydrogens (tertiary/aromatic N) is 6. The Bertz CT molecular complexity index is 749. The number of nitrogens with one attached hydrogen (secondary N) is 1. The van der Waals surface area contributed by atoms with Gasteiger partial charge in [0, 0.05) is 40.3 Å². The Balaban J connectivity index is 0.00000243. The van der Waals surface area contributed by atoms with E-state index in [1.54, 1.807) is 24.1 Å². The van der Waals surface area contributed by atoms with Crippen molar-refractivity contribution in [3.63, 3.8) is 0 Å². The highest BCUT2D eigenvalue weighted by Crippen LogP contribution is 2.09. The van der Waals surface area contributed by atoms with E-state index in [1.165, 1.54) is 6.26 Å². The number of furan rings is 1. The Kier molecular flexibility index (Phi) is 7.00. The molecule has 9 nitrogen and oxygen atoms in total. The molecule has 1 fully saturated rings. The Labute approximate surface area is 169 Å². The van der Waals surface area contributed by atoms with Gasteiger partial charge in [0.2, 0.25) is 0 Å². The number of amides is 1. The van der Waals surface area contributed by atoms with Crippen molar-refractivity contribution in [3.05, 3.63) is 35.8 Å². The number of aryl methyl sites for hydroxylation is 1. The quantitative estimate of drug-likeness (QED) is 0.404. The van der Waals surface area contributed by atoms with E-state index in [0.717, 1.165) is 17.6 Å². The predicted molar refractivity (Wildman–Crippen MR) is 108 cm³/mol. The first-order valence-electron chi connectivity index (χ1n) is 8.23. The summed E-state index contributed by atoms with van der Waals surface area (Å²) in [5.41, 5.74) is 0. The summed E-state index contributed by atoms with van der Waals surface area (Å²) in [6.45, 7) is 5.15. The van der Waals surface area contributed by atoms with E-state index in [4.69, 9.17) is 4.42 Å². The highest BCUT2D eigenvalue weighted by atomic mass is 127. The van der Waals surface area contributed by atoms with E-state index in [2.05, 4.69) is 25.4 Å². The van der Waals surface area contributed by atoms with Gasteiger partial charge in [0.05, 0.1) is 12.8 Å². The minimum Gasteiger partial charge on any atom is -0.459 e. The van der Waals surface area contributed by atoms with Gasteiger partial charge in [-0.25, -0.2) is 0 Å². The molecule has 3 heterocycles. The van der Waals surface area contributed by atoms with Gasteiger partial charge in [-0.15, -0.1) is 34.2 Å². The zero-order valence-electron chi connectivity index (χ0n) is 15.2. The van der Waals surface area contributed by atoms with Crippen LogP contribution in [0.4, 0.5) is 0 Å². The Hall–Kier alpha value is -2.11. The Morgan fingerprint density at radius 3 is 2.50 bits per heavy atom. The number of guanidine groups is 1. The number of hydrogen-bond donors (Lipinski definition) is 1. The zero-order valence-corrected chi connectivity index (χ0v) is 17.5. The van der Waals surface area contributed by atoms with Crippen molar-refractivity contribution in [1.82, 2.24) is 29.9 Å². The number of carbonyl (C=O) groups excluding carboxylic acids is 1. The van der Waals surface area contributed by atoms with Crippen LogP contribution in [0.25, 0.3) is 0 Å². The summed E-state index contributed by atoms with van der Waals surface area (Å²) in [5, 5.41) is 11.5. The van der Waals surface area contributed by atoms with Crippen LogP contribution in [0.2, 0.25) is 0 Å². The van der Waals surface area contributed by atoms with Crippen molar-refractivity contribution in [2.75, 3.05) is 33.2 Å². The maximum atomic E-state index is 12.3. The fraction of sp³-hybridized carbons (Fsp3) is 0.500. The van der Waals surface area contributed by atoms with Gasteiger partial charge in [-0.05, 0) is 19.1 Å². The number of halogens is 1. The number of piperazine rings is 1. The number of aliphatic imine (C=N–C) groups is 1. The van der Waals surface area contributed by atoms with Crippen LogP contribution in [0, 0.1) is 6.92 Å². The number of hydrogen-bond acceptors (Lipinski definition) is 5. The van der Waals surface area contributed by atoms with Gasteiger partial charge in [-0.3, -0.25) is 9.79 Å². The van der Waals surface area contributed by atoms with Crippen LogP contribution >= 0.6 is 24.0 Å². The average molecular weight is 473 g/mol. The normalized spacial score (nSPS) is 15.0. The summed E-state index contributed by atoms with van der Waals surface area (Å²) in [4.78, 5) is 20.6. The highest BCUT2D eigenvalue weighted by molar-refractivity contribution is 14.0. The molecule has 0 bridgehead atoms. The molecule has 0 aliphatic carbocycles. The lowest BCUT2D eigenvalue weighted by atomic mass is 10.3. The third-order valence-electron chi connectivity index (χ3n) is 4.40. The highest BCUT2D eigenvalue weighted by Gasteiger charge is 2.25. The van der Waals surface area contributed by atoms with Gasteiger partial charge < -0.3 is 24.1 Å². The van der Waals surface area contributed by atoms with E-state index in [0.29, 0.717) is 38.5 Å². The van der Waals surface area contributed by atoms with Gasteiger partial charge in [0.25, 0.3) is 5.91 Å². The molecule has 0 saturated carbocycles. The van der Waals surface area contributed by atoms with E-state index in [9.17, 15) is 4.79 Å². The van der Waals surface area contributed by atoms with Crippen LogP contribution < -0.4 is 5.32 Å². The van der Waals surface area contributed by atoms with Crippen LogP contribution in [-0.2, 0) is 13.6 Å². The lowest BCUT2D eigenvalue weighted by Gasteiger charge is -2.36. The lowest BCUT2D eigenvalue weighted by Crippen LogP contribution is -2.53. The van der Waals surface area contributed by atoms with Crippen LogP contribution in [-0.4, -0.2) is 69.7 Å². The molecule has 1 amide bonds. The monoisotopic (exact) mass is 473 g/mol. The second-order valence-corrected chi connectivity index (χ2v) is 5.88. The van der Waals surface area contributed by atoms with Crippen molar-refractivity contribution >= 4 is 35.8 Å². The van der Waals surface area contributed by atoms with E-state index >= 15 is 0 Å². The molecule has 10 heteroatoms. The fourth-order valence-corrected chi connectivity index (χ4v) is 2.77. The molecular formula is C16H24IN7O2. The fourth-order valence-electron chi connectivity index (χ4n) is 2.77.